The molecule has 88 valence electrons. The second-order valence-electron chi connectivity index (χ2n) is 4.11. The van der Waals surface area contributed by atoms with Crippen LogP contribution in [0.5, 0.6) is 0 Å². The van der Waals surface area contributed by atoms with Gasteiger partial charge in [0.25, 0.3) is 5.91 Å². The van der Waals surface area contributed by atoms with E-state index < -0.39 is 0 Å². The monoisotopic (exact) mass is 239 g/mol. The summed E-state index contributed by atoms with van der Waals surface area (Å²) in [4.78, 5) is 11.8. The Balaban J connectivity index is 1.81. The molecule has 0 spiro atoms. The second kappa shape index (κ2) is 5.39. The van der Waals surface area contributed by atoms with Crippen LogP contribution in [0, 0.1) is 6.92 Å². The molecule has 1 aromatic heterocycles. The summed E-state index contributed by atoms with van der Waals surface area (Å²) in [7, 11) is 0. The number of nitrogens with zero attached hydrogens (tertiary/aromatic N) is 1. The molecule has 1 fully saturated rings. The van der Waals surface area contributed by atoms with Crippen molar-refractivity contribution in [2.24, 2.45) is 0 Å². The van der Waals surface area contributed by atoms with Crippen LogP contribution in [0.15, 0.2) is 6.20 Å². The lowest BCUT2D eigenvalue weighted by molar-refractivity contribution is 0.0953. The minimum Gasteiger partial charge on any atom is -0.351 e. The highest BCUT2D eigenvalue weighted by molar-refractivity contribution is 7.99. The smallest absolute Gasteiger partial charge is 0.254 e. The Morgan fingerprint density at radius 1 is 1.69 bits per heavy atom. The Bertz CT molecular complexity index is 358. The zero-order valence-electron chi connectivity index (χ0n) is 9.45. The predicted molar refractivity (Wildman–Crippen MR) is 65.8 cm³/mol. The van der Waals surface area contributed by atoms with Gasteiger partial charge in [0.2, 0.25) is 0 Å². The van der Waals surface area contributed by atoms with Crippen LogP contribution in [-0.2, 0) is 0 Å². The Kier molecular flexibility index (Phi) is 3.88. The maximum Gasteiger partial charge on any atom is 0.254 e. The van der Waals surface area contributed by atoms with Gasteiger partial charge in [0, 0.05) is 17.5 Å². The van der Waals surface area contributed by atoms with E-state index >= 15 is 0 Å². The van der Waals surface area contributed by atoms with Crippen molar-refractivity contribution in [3.05, 3.63) is 17.5 Å². The molecule has 4 nitrogen and oxygen atoms in total. The third-order valence-corrected chi connectivity index (χ3v) is 4.24. The molecule has 1 aliphatic rings. The summed E-state index contributed by atoms with van der Waals surface area (Å²) < 4.78 is 0. The average Bonchev–Trinajstić information content (AvgIpc) is 2.74. The molecule has 0 aliphatic carbocycles. The molecule has 0 bridgehead atoms. The molecule has 5 heteroatoms. The van der Waals surface area contributed by atoms with Gasteiger partial charge >= 0.3 is 0 Å². The summed E-state index contributed by atoms with van der Waals surface area (Å²) in [6.45, 7) is 2.63. The first-order valence-corrected chi connectivity index (χ1v) is 6.72. The molecular weight excluding hydrogens is 222 g/mol. The van der Waals surface area contributed by atoms with Crippen molar-refractivity contribution in [3.63, 3.8) is 0 Å². The summed E-state index contributed by atoms with van der Waals surface area (Å²) in [6.07, 6.45) is 5.40. The minimum absolute atomic E-state index is 0.0163. The number of hydrogen-bond donors (Lipinski definition) is 2. The molecule has 1 atom stereocenters. The van der Waals surface area contributed by atoms with Crippen molar-refractivity contribution >= 4 is 17.7 Å². The van der Waals surface area contributed by atoms with Crippen molar-refractivity contribution in [1.82, 2.24) is 15.5 Å². The van der Waals surface area contributed by atoms with E-state index in [1.165, 1.54) is 25.0 Å². The fourth-order valence-corrected chi connectivity index (χ4v) is 3.09. The first-order chi connectivity index (χ1) is 7.77. The number of carbonyl (C=O) groups excluding carboxylic acids is 1. The lowest BCUT2D eigenvalue weighted by Crippen LogP contribution is -2.32. The number of H-pyrrole nitrogens is 1. The first-order valence-electron chi connectivity index (χ1n) is 5.67. The zero-order chi connectivity index (χ0) is 11.4. The number of aromatic amines is 1. The number of rotatable bonds is 3. The number of amides is 1. The quantitative estimate of drug-likeness (QED) is 0.844. The number of hydrogen-bond acceptors (Lipinski definition) is 3. The largest absolute Gasteiger partial charge is 0.351 e. The van der Waals surface area contributed by atoms with E-state index in [0.717, 1.165) is 12.2 Å². The molecule has 2 rings (SSSR count). The number of thioether (sulfide) groups is 1. The van der Waals surface area contributed by atoms with Crippen molar-refractivity contribution < 1.29 is 4.79 Å². The Hall–Kier alpha value is -0.970. The van der Waals surface area contributed by atoms with E-state index in [4.69, 9.17) is 0 Å². The van der Waals surface area contributed by atoms with Gasteiger partial charge in [-0.25, -0.2) is 0 Å². The predicted octanol–water partition coefficient (Wildman–Crippen LogP) is 1.73. The molecule has 1 saturated heterocycles. The SMILES string of the molecule is Cc1[nH]ncc1C(=O)NCC1CCCCS1. The maximum absolute atomic E-state index is 11.8. The van der Waals surface area contributed by atoms with E-state index in [1.54, 1.807) is 6.20 Å². The van der Waals surface area contributed by atoms with Crippen LogP contribution in [0.25, 0.3) is 0 Å². The fourth-order valence-electron chi connectivity index (χ4n) is 1.85. The van der Waals surface area contributed by atoms with Crippen LogP contribution in [0.1, 0.15) is 35.3 Å². The molecule has 0 radical (unpaired) electrons. The topological polar surface area (TPSA) is 57.8 Å². The zero-order valence-corrected chi connectivity index (χ0v) is 10.3. The van der Waals surface area contributed by atoms with Gasteiger partial charge in [0.15, 0.2) is 0 Å². The van der Waals surface area contributed by atoms with Crippen molar-refractivity contribution in [3.8, 4) is 0 Å². The van der Waals surface area contributed by atoms with Crippen LogP contribution in [0.2, 0.25) is 0 Å². The molecule has 2 N–H and O–H groups in total. The molecule has 1 aliphatic heterocycles. The lowest BCUT2D eigenvalue weighted by atomic mass is 10.2. The summed E-state index contributed by atoms with van der Waals surface area (Å²) in [5.41, 5.74) is 1.48. The first kappa shape index (κ1) is 11.5. The maximum atomic E-state index is 11.8. The molecule has 16 heavy (non-hydrogen) atoms. The van der Waals surface area contributed by atoms with E-state index in [1.807, 2.05) is 18.7 Å². The highest BCUT2D eigenvalue weighted by atomic mass is 32.2. The second-order valence-corrected chi connectivity index (χ2v) is 5.52. The van der Waals surface area contributed by atoms with E-state index in [2.05, 4.69) is 15.5 Å². The number of carbonyl (C=O) groups is 1. The minimum atomic E-state index is -0.0163. The normalized spacial score (nSPS) is 20.7. The van der Waals surface area contributed by atoms with Crippen LogP contribution in [-0.4, -0.2) is 33.7 Å². The number of aryl methyl sites for hydroxylation is 1. The van der Waals surface area contributed by atoms with Crippen LogP contribution in [0.3, 0.4) is 0 Å². The Labute approximate surface area is 99.6 Å². The molecule has 0 aromatic carbocycles. The molecule has 1 amide bonds. The van der Waals surface area contributed by atoms with Crippen LogP contribution >= 0.6 is 11.8 Å². The number of nitrogens with one attached hydrogen (secondary N) is 2. The number of aromatic nitrogens is 2. The van der Waals surface area contributed by atoms with Gasteiger partial charge in [-0.3, -0.25) is 9.89 Å². The van der Waals surface area contributed by atoms with Gasteiger partial charge in [-0.2, -0.15) is 16.9 Å². The third-order valence-electron chi connectivity index (χ3n) is 2.84. The summed E-state index contributed by atoms with van der Waals surface area (Å²) in [5, 5.41) is 10.2. The van der Waals surface area contributed by atoms with Gasteiger partial charge in [-0.15, -0.1) is 0 Å². The van der Waals surface area contributed by atoms with Gasteiger partial charge in [-0.05, 0) is 25.5 Å². The van der Waals surface area contributed by atoms with Gasteiger partial charge in [0.05, 0.1) is 11.8 Å². The Morgan fingerprint density at radius 3 is 3.19 bits per heavy atom. The highest BCUT2D eigenvalue weighted by Crippen LogP contribution is 2.24. The fraction of sp³-hybridized carbons (Fsp3) is 0.636. The van der Waals surface area contributed by atoms with E-state index in [-0.39, 0.29) is 5.91 Å². The summed E-state index contributed by atoms with van der Waals surface area (Å²) in [6, 6.07) is 0. The molecule has 1 aromatic rings. The lowest BCUT2D eigenvalue weighted by Gasteiger charge is -2.21. The molecule has 2 heterocycles. The van der Waals surface area contributed by atoms with Crippen LogP contribution in [0.4, 0.5) is 0 Å². The van der Waals surface area contributed by atoms with Gasteiger partial charge in [-0.1, -0.05) is 6.42 Å². The molecular formula is C11H17N3OS. The highest BCUT2D eigenvalue weighted by Gasteiger charge is 2.16. The van der Waals surface area contributed by atoms with Crippen molar-refractivity contribution in [1.29, 1.82) is 0 Å². The van der Waals surface area contributed by atoms with Gasteiger partial charge < -0.3 is 5.32 Å². The molecule has 0 saturated carbocycles. The summed E-state index contributed by atoms with van der Waals surface area (Å²) >= 11 is 1.97. The Morgan fingerprint density at radius 2 is 2.56 bits per heavy atom. The molecule has 1 unspecified atom stereocenters. The van der Waals surface area contributed by atoms with E-state index in [0.29, 0.717) is 10.8 Å². The van der Waals surface area contributed by atoms with E-state index in [9.17, 15) is 4.79 Å². The summed E-state index contributed by atoms with van der Waals surface area (Å²) in [5.74, 6) is 1.21. The third kappa shape index (κ3) is 2.78. The van der Waals surface area contributed by atoms with Crippen molar-refractivity contribution in [2.75, 3.05) is 12.3 Å². The van der Waals surface area contributed by atoms with Crippen molar-refractivity contribution in [2.45, 2.75) is 31.4 Å². The van der Waals surface area contributed by atoms with Crippen LogP contribution < -0.4 is 5.32 Å². The standard InChI is InChI=1S/C11H17N3OS/c1-8-10(7-13-14-8)11(15)12-6-9-4-2-3-5-16-9/h7,9H,2-6H2,1H3,(H,12,15)(H,13,14). The van der Waals surface area contributed by atoms with Gasteiger partial charge in [0.1, 0.15) is 0 Å². The average molecular weight is 239 g/mol.